The van der Waals surface area contributed by atoms with E-state index in [0.29, 0.717) is 11.1 Å². The van der Waals surface area contributed by atoms with Crippen LogP contribution >= 0.6 is 0 Å². The summed E-state index contributed by atoms with van der Waals surface area (Å²) in [6.45, 7) is 12.9. The van der Waals surface area contributed by atoms with E-state index >= 15 is 0 Å². The van der Waals surface area contributed by atoms with Gasteiger partial charge in [-0.25, -0.2) is 0 Å². The van der Waals surface area contributed by atoms with Gasteiger partial charge in [-0.1, -0.05) is 53.7 Å². The predicted octanol–water partition coefficient (Wildman–Crippen LogP) is 5.33. The Morgan fingerprint density at radius 3 is 1.17 bits per heavy atom. The van der Waals surface area contributed by atoms with E-state index in [0.717, 1.165) is 22.3 Å². The minimum Gasteiger partial charge on any atom is -0.285 e. The van der Waals surface area contributed by atoms with Crippen molar-refractivity contribution in [3.63, 3.8) is 0 Å². The molecule has 0 aliphatic heterocycles. The Morgan fingerprint density at radius 1 is 0.542 bits per heavy atom. The maximum atomic E-state index is 12.5. The fourth-order valence-corrected chi connectivity index (χ4v) is 3.11. The Bertz CT molecular complexity index is 785. The summed E-state index contributed by atoms with van der Waals surface area (Å²) in [6, 6.07) is 11.7. The van der Waals surface area contributed by atoms with Crippen molar-refractivity contribution in [1.82, 2.24) is 0 Å². The van der Waals surface area contributed by atoms with Gasteiger partial charge >= 0.3 is 0 Å². The molecule has 0 atom stereocenters. The average Bonchev–Trinajstić information content (AvgIpc) is 2.49. The van der Waals surface area contributed by atoms with Crippen LogP contribution in [0.4, 0.5) is 0 Å². The van der Waals surface area contributed by atoms with Crippen LogP contribution < -0.4 is 0 Å². The van der Waals surface area contributed by atoms with E-state index in [4.69, 9.17) is 0 Å². The zero-order chi connectivity index (χ0) is 17.9. The van der Waals surface area contributed by atoms with Gasteiger partial charge in [-0.05, 0) is 57.3 Å². The van der Waals surface area contributed by atoms with Crippen molar-refractivity contribution in [2.75, 3.05) is 0 Å². The van der Waals surface area contributed by atoms with E-state index in [1.54, 1.807) is 0 Å². The van der Waals surface area contributed by atoms with Crippen LogP contribution in [-0.4, -0.2) is 11.6 Å². The third-order valence-corrected chi connectivity index (χ3v) is 4.76. The van der Waals surface area contributed by atoms with E-state index in [1.807, 2.05) is 24.3 Å². The molecule has 0 bridgehead atoms. The Kier molecular flexibility index (Phi) is 3.56. The molecule has 0 radical (unpaired) electrons. The molecule has 2 nitrogen and oxygen atoms in total. The molecule has 0 heterocycles. The first-order valence-corrected chi connectivity index (χ1v) is 8.38. The van der Waals surface area contributed by atoms with Gasteiger partial charge in [-0.3, -0.25) is 9.59 Å². The normalized spacial score (nSPS) is 14.4. The van der Waals surface area contributed by atoms with Crippen LogP contribution in [0.1, 0.15) is 73.4 Å². The number of carbonyl (C=O) groups is 2. The van der Waals surface area contributed by atoms with Gasteiger partial charge in [0.2, 0.25) is 11.6 Å². The second-order valence-electron chi connectivity index (χ2n) is 8.68. The highest BCUT2D eigenvalue weighted by Gasteiger charge is 2.32. The fraction of sp³-hybridized carbons (Fsp3) is 0.364. The third kappa shape index (κ3) is 2.60. The Labute approximate surface area is 143 Å². The quantitative estimate of drug-likeness (QED) is 0.615. The van der Waals surface area contributed by atoms with Gasteiger partial charge in [0.05, 0.1) is 0 Å². The van der Waals surface area contributed by atoms with Crippen LogP contribution in [0.25, 0.3) is 11.1 Å². The number of rotatable bonds is 0. The highest BCUT2D eigenvalue weighted by atomic mass is 16.2. The Morgan fingerprint density at radius 2 is 0.875 bits per heavy atom. The number of benzene rings is 2. The van der Waals surface area contributed by atoms with Crippen LogP contribution in [0.3, 0.4) is 0 Å². The lowest BCUT2D eigenvalue weighted by Crippen LogP contribution is -2.23. The maximum absolute atomic E-state index is 12.5. The third-order valence-electron chi connectivity index (χ3n) is 4.76. The molecular weight excluding hydrogens is 296 g/mol. The van der Waals surface area contributed by atoms with E-state index in [-0.39, 0.29) is 10.8 Å². The van der Waals surface area contributed by atoms with E-state index < -0.39 is 11.6 Å². The topological polar surface area (TPSA) is 34.1 Å². The molecule has 2 aromatic carbocycles. The molecule has 24 heavy (non-hydrogen) atoms. The number of Topliss-reactive ketones (excluding diaryl/α,β-unsaturated/α-hetero) is 2. The van der Waals surface area contributed by atoms with Crippen molar-refractivity contribution in [1.29, 1.82) is 0 Å². The van der Waals surface area contributed by atoms with Gasteiger partial charge in [0.25, 0.3) is 0 Å². The lowest BCUT2D eigenvalue weighted by Gasteiger charge is -2.26. The zero-order valence-corrected chi connectivity index (χ0v) is 15.3. The SMILES string of the molecule is CC(C)(C)c1ccc2c(c1)-c1cc(C(C)(C)C)ccc1C(=O)C2=O. The van der Waals surface area contributed by atoms with Gasteiger partial charge in [0.15, 0.2) is 0 Å². The van der Waals surface area contributed by atoms with Crippen molar-refractivity contribution in [2.24, 2.45) is 0 Å². The van der Waals surface area contributed by atoms with Crippen LogP contribution in [0.15, 0.2) is 36.4 Å². The molecule has 0 N–H and O–H groups in total. The largest absolute Gasteiger partial charge is 0.285 e. The average molecular weight is 320 g/mol. The summed E-state index contributed by atoms with van der Waals surface area (Å²) in [6.07, 6.45) is 0. The summed E-state index contributed by atoms with van der Waals surface area (Å²) in [7, 11) is 0. The maximum Gasteiger partial charge on any atom is 0.234 e. The fourth-order valence-electron chi connectivity index (χ4n) is 3.11. The molecule has 0 fully saturated rings. The van der Waals surface area contributed by atoms with E-state index in [2.05, 4.69) is 53.7 Å². The molecule has 2 aromatic rings. The van der Waals surface area contributed by atoms with Gasteiger partial charge in [0, 0.05) is 11.1 Å². The molecule has 0 unspecified atom stereocenters. The summed E-state index contributed by atoms with van der Waals surface area (Å²) >= 11 is 0. The number of hydrogen-bond donors (Lipinski definition) is 0. The highest BCUT2D eigenvalue weighted by Crippen LogP contribution is 2.38. The molecule has 0 amide bonds. The second kappa shape index (κ2) is 5.14. The summed E-state index contributed by atoms with van der Waals surface area (Å²) in [5.74, 6) is -0.803. The lowest BCUT2D eigenvalue weighted by molar-refractivity contribution is 0.0815. The monoisotopic (exact) mass is 320 g/mol. The molecule has 0 saturated heterocycles. The minimum atomic E-state index is -0.401. The van der Waals surface area contributed by atoms with Gasteiger partial charge in [0.1, 0.15) is 0 Å². The standard InChI is InChI=1S/C22H24O2/c1-21(2,3)13-7-9-15-17(11-13)18-12-14(22(4,5)6)8-10-16(18)20(24)19(15)23/h7-12H,1-6H3. The molecular formula is C22H24O2. The highest BCUT2D eigenvalue weighted by molar-refractivity contribution is 6.53. The first kappa shape index (κ1) is 16.6. The smallest absolute Gasteiger partial charge is 0.234 e. The molecule has 2 heteroatoms. The van der Waals surface area contributed by atoms with Crippen molar-refractivity contribution in [3.05, 3.63) is 58.7 Å². The van der Waals surface area contributed by atoms with Crippen LogP contribution in [0.5, 0.6) is 0 Å². The summed E-state index contributed by atoms with van der Waals surface area (Å²) in [5, 5.41) is 0. The zero-order valence-electron chi connectivity index (χ0n) is 15.3. The number of ketones is 2. The molecule has 0 saturated carbocycles. The van der Waals surface area contributed by atoms with Crippen LogP contribution in [0.2, 0.25) is 0 Å². The van der Waals surface area contributed by atoms with Gasteiger partial charge < -0.3 is 0 Å². The minimum absolute atomic E-state index is 0.0126. The van der Waals surface area contributed by atoms with Gasteiger partial charge in [-0.15, -0.1) is 0 Å². The molecule has 124 valence electrons. The Hall–Kier alpha value is -2.22. The van der Waals surface area contributed by atoms with Crippen LogP contribution in [-0.2, 0) is 10.8 Å². The first-order chi connectivity index (χ1) is 11.0. The molecule has 3 rings (SSSR count). The van der Waals surface area contributed by atoms with Gasteiger partial charge in [-0.2, -0.15) is 0 Å². The summed E-state index contributed by atoms with van der Waals surface area (Å²) in [4.78, 5) is 24.9. The molecule has 1 aliphatic carbocycles. The van der Waals surface area contributed by atoms with Crippen molar-refractivity contribution >= 4 is 11.6 Å². The van der Waals surface area contributed by atoms with E-state index in [1.165, 1.54) is 0 Å². The number of hydrogen-bond acceptors (Lipinski definition) is 2. The van der Waals surface area contributed by atoms with Crippen molar-refractivity contribution < 1.29 is 9.59 Å². The van der Waals surface area contributed by atoms with Crippen molar-refractivity contribution in [3.8, 4) is 11.1 Å². The second-order valence-corrected chi connectivity index (χ2v) is 8.68. The number of fused-ring (bicyclic) bond motifs is 3. The van der Waals surface area contributed by atoms with E-state index in [9.17, 15) is 9.59 Å². The predicted molar refractivity (Wildman–Crippen MR) is 97.9 cm³/mol. The first-order valence-electron chi connectivity index (χ1n) is 8.38. The molecule has 1 aliphatic rings. The number of carbonyl (C=O) groups excluding carboxylic acids is 2. The molecule has 0 aromatic heterocycles. The molecule has 0 spiro atoms. The van der Waals surface area contributed by atoms with Crippen LogP contribution in [0, 0.1) is 0 Å². The lowest BCUT2D eigenvalue weighted by atomic mass is 9.77. The summed E-state index contributed by atoms with van der Waals surface area (Å²) in [5.41, 5.74) is 5.10. The van der Waals surface area contributed by atoms with Crippen molar-refractivity contribution in [2.45, 2.75) is 52.4 Å². The Balaban J connectivity index is 2.31. The summed E-state index contributed by atoms with van der Waals surface area (Å²) < 4.78 is 0.